The summed E-state index contributed by atoms with van der Waals surface area (Å²) in [6, 6.07) is 26.3. The number of aliphatic hydroxyl groups is 2. The summed E-state index contributed by atoms with van der Waals surface area (Å²) in [4.78, 5) is 13.0. The van der Waals surface area contributed by atoms with Gasteiger partial charge in [0.15, 0.2) is 0 Å². The first-order valence-electron chi connectivity index (χ1n) is 21.5. The summed E-state index contributed by atoms with van der Waals surface area (Å²) >= 11 is 0. The Labute approximate surface area is 374 Å². The first kappa shape index (κ1) is 56.0. The third-order valence-electron chi connectivity index (χ3n) is 8.66. The zero-order chi connectivity index (χ0) is 47.1. The summed E-state index contributed by atoms with van der Waals surface area (Å²) < 4.78 is 42.5. The van der Waals surface area contributed by atoms with Crippen LogP contribution in [-0.2, 0) is 23.8 Å². The van der Waals surface area contributed by atoms with Crippen LogP contribution in [0, 0.1) is 0 Å². The number of allylic oxidation sites excluding steroid dienone is 1. The predicted molar refractivity (Wildman–Crippen MR) is 255 cm³/mol. The number of nitrogens with one attached hydrogen (secondary N) is 1. The summed E-state index contributed by atoms with van der Waals surface area (Å²) in [5.41, 5.74) is 5.24. The molecule has 11 nitrogen and oxygen atoms in total. The van der Waals surface area contributed by atoms with Crippen molar-refractivity contribution in [2.75, 3.05) is 45.8 Å². The normalized spacial score (nSPS) is 14.2. The molecule has 1 aliphatic heterocycles. The van der Waals surface area contributed by atoms with Crippen molar-refractivity contribution in [3.8, 4) is 11.5 Å². The molecule has 1 fully saturated rings. The lowest BCUT2D eigenvalue weighted by atomic mass is 9.90. The van der Waals surface area contributed by atoms with Crippen molar-refractivity contribution in [1.29, 1.82) is 0 Å². The minimum Gasteiger partial charge on any atom is -0.491 e. The number of rotatable bonds is 17. The number of amides is 1. The van der Waals surface area contributed by atoms with Gasteiger partial charge < -0.3 is 29.7 Å². The van der Waals surface area contributed by atoms with E-state index in [4.69, 9.17) is 14.2 Å². The molecule has 1 aliphatic rings. The molecule has 1 heterocycles. The van der Waals surface area contributed by atoms with Gasteiger partial charge in [0.1, 0.15) is 30.8 Å². The van der Waals surface area contributed by atoms with Crippen molar-refractivity contribution in [3.05, 3.63) is 108 Å². The molecule has 12 heteroatoms. The van der Waals surface area contributed by atoms with Gasteiger partial charge in [0.2, 0.25) is 5.91 Å². The highest BCUT2D eigenvalue weighted by Gasteiger charge is 2.29. The lowest BCUT2D eigenvalue weighted by Gasteiger charge is -2.18. The lowest BCUT2D eigenvalue weighted by molar-refractivity contribution is -0.117. The van der Waals surface area contributed by atoms with E-state index in [1.54, 1.807) is 20.8 Å². The number of benzene rings is 3. The predicted octanol–water partition coefficient (Wildman–Crippen LogP) is 9.32. The van der Waals surface area contributed by atoms with E-state index < -0.39 is 27.9 Å². The molecule has 0 bridgehead atoms. The number of hydrogen-bond acceptors (Lipinski definition) is 10. The largest absolute Gasteiger partial charge is 0.491 e. The van der Waals surface area contributed by atoms with Crippen molar-refractivity contribution < 1.29 is 41.8 Å². The van der Waals surface area contributed by atoms with Gasteiger partial charge in [0.05, 0.1) is 24.6 Å². The molecule has 4 rings (SSSR count). The van der Waals surface area contributed by atoms with Crippen LogP contribution < -0.4 is 14.8 Å². The van der Waals surface area contributed by atoms with Crippen LogP contribution in [0.4, 0.5) is 0 Å². The second kappa shape index (κ2) is 27.2. The van der Waals surface area contributed by atoms with E-state index in [0.29, 0.717) is 24.3 Å². The van der Waals surface area contributed by atoms with Gasteiger partial charge >= 0.3 is 0 Å². The number of unbranched alkanes of at least 4 members (excludes halogenated alkanes) is 1. The lowest BCUT2D eigenvalue weighted by Crippen LogP contribution is -2.39. The van der Waals surface area contributed by atoms with Gasteiger partial charge in [-0.05, 0) is 140 Å². The summed E-state index contributed by atoms with van der Waals surface area (Å²) in [6.45, 7) is 31.1. The molecule has 3 aromatic carbocycles. The van der Waals surface area contributed by atoms with Crippen LogP contribution in [0.3, 0.4) is 0 Å². The Morgan fingerprint density at radius 3 is 1.58 bits per heavy atom. The van der Waals surface area contributed by atoms with E-state index in [-0.39, 0.29) is 31.3 Å². The Balaban J connectivity index is 0.000000617. The highest BCUT2D eigenvalue weighted by Crippen LogP contribution is 2.34. The second-order valence-corrected chi connectivity index (χ2v) is 19.8. The maximum Gasteiger partial charge on any atom is 0.264 e. The van der Waals surface area contributed by atoms with E-state index in [1.807, 2.05) is 82.3 Å². The Hall–Kier alpha value is -4.04. The summed E-state index contributed by atoms with van der Waals surface area (Å²) in [5.74, 6) is 1.31. The smallest absolute Gasteiger partial charge is 0.264 e. The second-order valence-electron chi connectivity index (χ2n) is 18.2. The average Bonchev–Trinajstić information content (AvgIpc) is 4.05. The van der Waals surface area contributed by atoms with Gasteiger partial charge in [-0.2, -0.15) is 8.42 Å². The van der Waals surface area contributed by atoms with E-state index in [2.05, 4.69) is 79.9 Å². The SMILES string of the molecule is C=CC(=O)NC(C)(C)C.CC(C)(C)N1CC1.CC(C)(C)OS(C)(=O)=O.CCCCOCC(O)COc1ccc(/C(=C(\C)c2ccccc2)c2ccc(OCC(O)CC)cc2)cc1. The van der Waals surface area contributed by atoms with Crippen molar-refractivity contribution in [2.24, 2.45) is 0 Å². The van der Waals surface area contributed by atoms with Crippen molar-refractivity contribution in [1.82, 2.24) is 10.2 Å². The fraction of sp³-hybridized carbons (Fsp3) is 0.540. The summed E-state index contributed by atoms with van der Waals surface area (Å²) in [5, 5.41) is 22.6. The summed E-state index contributed by atoms with van der Waals surface area (Å²) in [7, 11) is -3.28. The molecular formula is C50H78N2O9S. The Bertz CT molecular complexity index is 1850. The van der Waals surface area contributed by atoms with Crippen LogP contribution in [0.15, 0.2) is 91.5 Å². The standard InChI is InChI=1S/C32H40O5.C7H13NO.C6H13N.C5H12O3S/c1-4-6-20-35-21-29(34)23-37-31-18-14-27(15-19-31)32(24(3)25-10-8-7-9-11-25)26-12-16-30(17-13-26)36-22-28(33)5-2;1-5-6(9)8-7(2,3)4;1-6(2,3)7-4-5-7;1-5(2,3)8-9(4,6)7/h7-19,28-29,33-34H,4-6,20-23H2,1-3H3;5H,1H2,2-4H3,(H,8,9);4-5H2,1-3H3;1-4H3/b32-24+;;;. The third kappa shape index (κ3) is 26.4. The number of carbonyl (C=O) groups excluding carboxylic acids is 1. The Kier molecular flexibility index (Phi) is 24.6. The molecule has 0 radical (unpaired) electrons. The Morgan fingerprint density at radius 2 is 1.26 bits per heavy atom. The molecule has 348 valence electrons. The van der Waals surface area contributed by atoms with Gasteiger partial charge in [-0.25, -0.2) is 0 Å². The fourth-order valence-electron chi connectivity index (χ4n) is 5.48. The van der Waals surface area contributed by atoms with Gasteiger partial charge in [0, 0.05) is 30.8 Å². The molecule has 3 aromatic rings. The zero-order valence-electron chi connectivity index (χ0n) is 39.9. The van der Waals surface area contributed by atoms with Gasteiger partial charge in [-0.15, -0.1) is 0 Å². The fourth-order valence-corrected chi connectivity index (χ4v) is 6.39. The molecule has 0 saturated carbocycles. The summed E-state index contributed by atoms with van der Waals surface area (Å²) in [6.07, 6.45) is 3.90. The van der Waals surface area contributed by atoms with Gasteiger partial charge in [-0.3, -0.25) is 13.9 Å². The molecule has 2 atom stereocenters. The van der Waals surface area contributed by atoms with Crippen molar-refractivity contribution >= 4 is 27.2 Å². The first-order valence-corrected chi connectivity index (χ1v) is 23.4. The van der Waals surface area contributed by atoms with Crippen LogP contribution in [-0.4, -0.2) is 104 Å². The van der Waals surface area contributed by atoms with E-state index in [0.717, 1.165) is 52.7 Å². The minimum absolute atomic E-state index is 0.123. The maximum atomic E-state index is 10.6. The monoisotopic (exact) mass is 883 g/mol. The van der Waals surface area contributed by atoms with Crippen LogP contribution in [0.25, 0.3) is 11.1 Å². The molecule has 3 N–H and O–H groups in total. The van der Waals surface area contributed by atoms with E-state index >= 15 is 0 Å². The molecule has 1 saturated heterocycles. The van der Waals surface area contributed by atoms with Crippen molar-refractivity contribution in [2.45, 2.75) is 131 Å². The third-order valence-corrected chi connectivity index (χ3v) is 9.46. The van der Waals surface area contributed by atoms with E-state index in [1.165, 1.54) is 19.2 Å². The van der Waals surface area contributed by atoms with Crippen LogP contribution in [0.2, 0.25) is 0 Å². The molecule has 0 spiro atoms. The molecule has 0 aliphatic carbocycles. The molecular weight excluding hydrogens is 805 g/mol. The van der Waals surface area contributed by atoms with Crippen molar-refractivity contribution in [3.63, 3.8) is 0 Å². The molecule has 1 amide bonds. The van der Waals surface area contributed by atoms with Crippen LogP contribution >= 0.6 is 0 Å². The van der Waals surface area contributed by atoms with Crippen LogP contribution in [0.5, 0.6) is 11.5 Å². The maximum absolute atomic E-state index is 10.6. The Morgan fingerprint density at radius 1 is 0.774 bits per heavy atom. The highest BCUT2D eigenvalue weighted by molar-refractivity contribution is 7.86. The van der Waals surface area contributed by atoms with Crippen LogP contribution in [0.1, 0.15) is 119 Å². The first-order chi connectivity index (χ1) is 28.8. The average molecular weight is 883 g/mol. The minimum atomic E-state index is -3.28. The molecule has 0 aromatic heterocycles. The number of nitrogens with zero attached hydrogens (tertiary/aromatic N) is 1. The number of ether oxygens (including phenoxy) is 3. The quantitative estimate of drug-likeness (QED) is 0.0395. The van der Waals surface area contributed by atoms with Gasteiger partial charge in [0.25, 0.3) is 10.1 Å². The van der Waals surface area contributed by atoms with Gasteiger partial charge in [-0.1, -0.05) is 81.4 Å². The number of carbonyl (C=O) groups is 1. The zero-order valence-corrected chi connectivity index (χ0v) is 40.7. The molecule has 62 heavy (non-hydrogen) atoms. The number of aliphatic hydroxyl groups excluding tert-OH is 2. The number of hydrogen-bond donors (Lipinski definition) is 3. The van der Waals surface area contributed by atoms with E-state index in [9.17, 15) is 23.4 Å². The topological polar surface area (TPSA) is 144 Å². The molecule has 2 unspecified atom stereocenters. The highest BCUT2D eigenvalue weighted by atomic mass is 32.2.